The first-order valence-electron chi connectivity index (χ1n) is 9.58. The summed E-state index contributed by atoms with van der Waals surface area (Å²) in [6.07, 6.45) is 3.90. The lowest BCUT2D eigenvalue weighted by molar-refractivity contribution is 0.104. The summed E-state index contributed by atoms with van der Waals surface area (Å²) in [5, 5.41) is 3.70. The Kier molecular flexibility index (Phi) is 4.93. The van der Waals surface area contributed by atoms with Crippen LogP contribution in [0.1, 0.15) is 21.5 Å². The number of rotatable bonds is 3. The molecule has 5 heteroatoms. The number of aromatic nitrogens is 2. The van der Waals surface area contributed by atoms with E-state index in [0.717, 1.165) is 26.9 Å². The molecule has 0 fully saturated rings. The molecule has 0 radical (unpaired) electrons. The fourth-order valence-electron chi connectivity index (χ4n) is 3.52. The Balaban J connectivity index is 1.64. The van der Waals surface area contributed by atoms with E-state index < -0.39 is 0 Å². The topological polar surface area (TPSA) is 42.9 Å². The van der Waals surface area contributed by atoms with Gasteiger partial charge in [-0.15, -0.1) is 0 Å². The van der Waals surface area contributed by atoms with Crippen molar-refractivity contribution in [3.8, 4) is 11.3 Å². The van der Waals surface area contributed by atoms with Crippen LogP contribution in [0.3, 0.4) is 0 Å². The standard InChI is InChI=1S/C25H18N2OS2/c1-15-7-9-16(10-8-15)13-20-23(28)21-22(26-25(29-2)27-24(21)30-20)19-12-11-17-5-3-4-6-18(17)14-19/h3-14H,1-2H3/b20-13+. The number of Topliss-reactive ketones (excluding diaryl/α,β-unsaturated/α-hetero) is 1. The molecule has 1 aromatic heterocycles. The van der Waals surface area contributed by atoms with Gasteiger partial charge in [0.15, 0.2) is 5.16 Å². The first-order chi connectivity index (χ1) is 14.6. The molecule has 0 amide bonds. The van der Waals surface area contributed by atoms with Gasteiger partial charge in [0.1, 0.15) is 5.03 Å². The summed E-state index contributed by atoms with van der Waals surface area (Å²) in [5.74, 6) is -0.00798. The van der Waals surface area contributed by atoms with Crippen LogP contribution in [-0.4, -0.2) is 22.0 Å². The molecule has 0 saturated carbocycles. The normalized spacial score (nSPS) is 14.5. The summed E-state index contributed by atoms with van der Waals surface area (Å²) >= 11 is 2.92. The first-order valence-corrected chi connectivity index (χ1v) is 11.6. The van der Waals surface area contributed by atoms with Crippen LogP contribution >= 0.6 is 23.5 Å². The molecule has 0 N–H and O–H groups in total. The van der Waals surface area contributed by atoms with Crippen molar-refractivity contribution >= 4 is 46.2 Å². The van der Waals surface area contributed by atoms with Crippen molar-refractivity contribution in [1.29, 1.82) is 0 Å². The number of allylic oxidation sites excluding steroid dienone is 1. The van der Waals surface area contributed by atoms with E-state index in [9.17, 15) is 4.79 Å². The van der Waals surface area contributed by atoms with Gasteiger partial charge in [-0.1, -0.05) is 89.8 Å². The molecule has 2 heterocycles. The minimum atomic E-state index is -0.00798. The Hall–Kier alpha value is -2.89. The van der Waals surface area contributed by atoms with Crippen molar-refractivity contribution in [2.45, 2.75) is 17.1 Å². The van der Waals surface area contributed by atoms with E-state index in [1.54, 1.807) is 0 Å². The number of hydrogen-bond acceptors (Lipinski definition) is 5. The molecule has 4 aromatic rings. The summed E-state index contributed by atoms with van der Waals surface area (Å²) in [7, 11) is 0. The molecule has 146 valence electrons. The van der Waals surface area contributed by atoms with Crippen LogP contribution in [0, 0.1) is 6.92 Å². The number of carbonyl (C=O) groups excluding carboxylic acids is 1. The maximum atomic E-state index is 13.3. The highest BCUT2D eigenvalue weighted by Crippen LogP contribution is 2.44. The maximum Gasteiger partial charge on any atom is 0.204 e. The Morgan fingerprint density at radius 3 is 2.47 bits per heavy atom. The van der Waals surface area contributed by atoms with Gasteiger partial charge in [-0.05, 0) is 41.7 Å². The van der Waals surface area contributed by atoms with Gasteiger partial charge in [0.2, 0.25) is 5.78 Å². The molecule has 30 heavy (non-hydrogen) atoms. The fraction of sp³-hybridized carbons (Fsp3) is 0.0800. The van der Waals surface area contributed by atoms with Crippen molar-refractivity contribution in [3.63, 3.8) is 0 Å². The number of hydrogen-bond donors (Lipinski definition) is 0. The van der Waals surface area contributed by atoms with E-state index >= 15 is 0 Å². The fourth-order valence-corrected chi connectivity index (χ4v) is 4.96. The lowest BCUT2D eigenvalue weighted by Crippen LogP contribution is -2.03. The van der Waals surface area contributed by atoms with Crippen LogP contribution in [0.2, 0.25) is 0 Å². The van der Waals surface area contributed by atoms with Crippen LogP contribution in [0.5, 0.6) is 0 Å². The zero-order chi connectivity index (χ0) is 20.7. The molecule has 0 atom stereocenters. The zero-order valence-electron chi connectivity index (χ0n) is 16.5. The second-order valence-electron chi connectivity index (χ2n) is 7.15. The second kappa shape index (κ2) is 7.74. The molecule has 5 rings (SSSR count). The Bertz CT molecular complexity index is 1330. The van der Waals surface area contributed by atoms with Crippen LogP contribution < -0.4 is 0 Å². The zero-order valence-corrected chi connectivity index (χ0v) is 18.2. The van der Waals surface area contributed by atoms with Crippen molar-refractivity contribution in [3.05, 3.63) is 88.3 Å². The Morgan fingerprint density at radius 2 is 1.70 bits per heavy atom. The van der Waals surface area contributed by atoms with Gasteiger partial charge in [-0.2, -0.15) is 0 Å². The molecule has 1 aliphatic heterocycles. The number of fused-ring (bicyclic) bond motifs is 2. The van der Waals surface area contributed by atoms with E-state index in [1.807, 2.05) is 42.7 Å². The van der Waals surface area contributed by atoms with Crippen LogP contribution in [-0.2, 0) is 0 Å². The number of thioether (sulfide) groups is 2. The largest absolute Gasteiger partial charge is 0.288 e. The molecule has 1 aliphatic rings. The van der Waals surface area contributed by atoms with Gasteiger partial charge >= 0.3 is 0 Å². The van der Waals surface area contributed by atoms with Gasteiger partial charge in [0, 0.05) is 5.56 Å². The van der Waals surface area contributed by atoms with E-state index in [1.165, 1.54) is 29.1 Å². The summed E-state index contributed by atoms with van der Waals surface area (Å²) in [4.78, 5) is 23.4. The summed E-state index contributed by atoms with van der Waals surface area (Å²) in [6, 6.07) is 22.6. The predicted molar refractivity (Wildman–Crippen MR) is 126 cm³/mol. The van der Waals surface area contributed by atoms with Crippen LogP contribution in [0.15, 0.2) is 81.8 Å². The maximum absolute atomic E-state index is 13.3. The quantitative estimate of drug-likeness (QED) is 0.159. The number of benzene rings is 3. The first kappa shape index (κ1) is 19.1. The lowest BCUT2D eigenvalue weighted by Gasteiger charge is -2.09. The van der Waals surface area contributed by atoms with Crippen molar-refractivity contribution in [1.82, 2.24) is 9.97 Å². The second-order valence-corrected chi connectivity index (χ2v) is 8.96. The molecule has 0 aliphatic carbocycles. The number of aryl methyl sites for hydroxylation is 1. The lowest BCUT2D eigenvalue weighted by atomic mass is 10.0. The summed E-state index contributed by atoms with van der Waals surface area (Å²) < 4.78 is 0. The highest BCUT2D eigenvalue weighted by Gasteiger charge is 2.32. The molecular weight excluding hydrogens is 408 g/mol. The molecule has 0 bridgehead atoms. The number of nitrogens with zero attached hydrogens (tertiary/aromatic N) is 2. The van der Waals surface area contributed by atoms with Gasteiger partial charge in [-0.3, -0.25) is 4.79 Å². The highest BCUT2D eigenvalue weighted by molar-refractivity contribution is 8.04. The monoisotopic (exact) mass is 426 g/mol. The molecule has 0 saturated heterocycles. The minimum absolute atomic E-state index is 0.00798. The summed E-state index contributed by atoms with van der Waals surface area (Å²) in [5.41, 5.74) is 4.45. The smallest absolute Gasteiger partial charge is 0.204 e. The third-order valence-corrected chi connectivity index (χ3v) is 6.65. The average molecular weight is 427 g/mol. The SMILES string of the molecule is CSc1nc2c(c(-c3ccc4ccccc4c3)n1)C(=O)/C(=C\c1ccc(C)cc1)S2. The van der Waals surface area contributed by atoms with E-state index in [0.29, 0.717) is 21.3 Å². The Labute approximate surface area is 183 Å². The van der Waals surface area contributed by atoms with Gasteiger partial charge < -0.3 is 0 Å². The minimum Gasteiger partial charge on any atom is -0.288 e. The van der Waals surface area contributed by atoms with E-state index in [-0.39, 0.29) is 5.78 Å². The highest BCUT2D eigenvalue weighted by atomic mass is 32.2. The van der Waals surface area contributed by atoms with Crippen molar-refractivity contribution in [2.24, 2.45) is 0 Å². The van der Waals surface area contributed by atoms with Gasteiger partial charge in [0.25, 0.3) is 0 Å². The van der Waals surface area contributed by atoms with E-state index in [2.05, 4.69) is 48.3 Å². The number of ketones is 1. The van der Waals surface area contributed by atoms with Gasteiger partial charge in [-0.25, -0.2) is 9.97 Å². The Morgan fingerprint density at radius 1 is 0.933 bits per heavy atom. The van der Waals surface area contributed by atoms with Gasteiger partial charge in [0.05, 0.1) is 16.2 Å². The van der Waals surface area contributed by atoms with Crippen molar-refractivity contribution < 1.29 is 4.79 Å². The molecule has 3 nitrogen and oxygen atoms in total. The van der Waals surface area contributed by atoms with Crippen LogP contribution in [0.25, 0.3) is 28.1 Å². The molecular formula is C25H18N2OS2. The van der Waals surface area contributed by atoms with Crippen molar-refractivity contribution in [2.75, 3.05) is 6.26 Å². The van der Waals surface area contributed by atoms with E-state index in [4.69, 9.17) is 4.98 Å². The third-order valence-electron chi connectivity index (χ3n) is 5.09. The molecule has 3 aromatic carbocycles. The predicted octanol–water partition coefficient (Wildman–Crippen LogP) is 6.66. The van der Waals surface area contributed by atoms with Crippen LogP contribution in [0.4, 0.5) is 0 Å². The molecule has 0 spiro atoms. The summed E-state index contributed by atoms with van der Waals surface area (Å²) in [6.45, 7) is 2.05. The number of carbonyl (C=O) groups is 1. The molecule has 0 unspecified atom stereocenters. The average Bonchev–Trinajstić information content (AvgIpc) is 3.09. The third kappa shape index (κ3) is 3.44.